The van der Waals surface area contributed by atoms with Gasteiger partial charge in [0.05, 0.1) is 5.56 Å². The van der Waals surface area contributed by atoms with Crippen LogP contribution in [0.15, 0.2) is 36.5 Å². The van der Waals surface area contributed by atoms with Crippen molar-refractivity contribution in [2.75, 3.05) is 0 Å². The zero-order valence-electron chi connectivity index (χ0n) is 10.9. The molecule has 1 aromatic carbocycles. The highest BCUT2D eigenvalue weighted by Gasteiger charge is 2.07. The maximum Gasteiger partial charge on any atom is 0.339 e. The minimum absolute atomic E-state index is 0.376. The van der Waals surface area contributed by atoms with Crippen molar-refractivity contribution < 1.29 is 14.1 Å². The fourth-order valence-electron chi connectivity index (χ4n) is 1.41. The van der Waals surface area contributed by atoms with Crippen LogP contribution in [0.25, 0.3) is 0 Å². The molecule has 0 atom stereocenters. The van der Waals surface area contributed by atoms with Crippen LogP contribution in [-0.4, -0.2) is 16.1 Å². The largest absolute Gasteiger partial charge is 0.471 e. The molecule has 9 heteroatoms. The van der Waals surface area contributed by atoms with E-state index in [-0.39, 0.29) is 0 Å². The molecule has 0 amide bonds. The Bertz CT molecular complexity index is 620. The van der Waals surface area contributed by atoms with Crippen LogP contribution in [0.4, 0.5) is 0 Å². The van der Waals surface area contributed by atoms with Gasteiger partial charge >= 0.3 is 5.20 Å². The molecular formula is C12H12Cl3N2O3P. The summed E-state index contributed by atoms with van der Waals surface area (Å²) in [6, 6.07) is 9.75. The smallest absolute Gasteiger partial charge is 0.339 e. The molecule has 2 aromatic rings. The lowest BCUT2D eigenvalue weighted by Gasteiger charge is -2.02. The molecule has 0 radical (unpaired) electrons. The molecule has 21 heavy (non-hydrogen) atoms. The number of carbonyl (C=O) groups is 1. The van der Waals surface area contributed by atoms with E-state index in [1.165, 1.54) is 0 Å². The Morgan fingerprint density at radius 2 is 1.86 bits per heavy atom. The maximum atomic E-state index is 10.7. The van der Waals surface area contributed by atoms with Gasteiger partial charge < -0.3 is 4.74 Å². The second-order valence-corrected chi connectivity index (χ2v) is 10.5. The van der Waals surface area contributed by atoms with Crippen LogP contribution in [0.3, 0.4) is 0 Å². The fourth-order valence-corrected chi connectivity index (χ4v) is 1.41. The molecule has 1 aromatic heterocycles. The number of hydrogen-bond donors (Lipinski definition) is 0. The number of nitrogens with zero attached hydrogens (tertiary/aromatic N) is 2. The minimum atomic E-state index is -3.22. The second-order valence-electron chi connectivity index (χ2n) is 3.85. The molecule has 0 aliphatic carbocycles. The molecule has 0 aliphatic heterocycles. The number of benzene rings is 1. The topological polar surface area (TPSA) is 61.2 Å². The molecule has 0 spiro atoms. The fraction of sp³-hybridized carbons (Fsp3) is 0.167. The molecule has 5 nitrogen and oxygen atoms in total. The van der Waals surface area contributed by atoms with Gasteiger partial charge in [-0.1, -0.05) is 30.3 Å². The lowest BCUT2D eigenvalue weighted by molar-refractivity contribution is 0.111. The first-order valence-electron chi connectivity index (χ1n) is 5.64. The maximum absolute atomic E-state index is 10.7. The Balaban J connectivity index is 0.000000383. The van der Waals surface area contributed by atoms with Crippen molar-refractivity contribution >= 4 is 45.2 Å². The summed E-state index contributed by atoms with van der Waals surface area (Å²) in [6.07, 6.45) is 2.38. The van der Waals surface area contributed by atoms with E-state index in [2.05, 4.69) is 38.8 Å². The molecule has 0 unspecified atom stereocenters. The summed E-state index contributed by atoms with van der Waals surface area (Å²) in [5.41, 5.74) is 1.52. The van der Waals surface area contributed by atoms with Crippen molar-refractivity contribution in [3.8, 4) is 5.88 Å². The molecule has 1 heterocycles. The van der Waals surface area contributed by atoms with E-state index in [4.69, 9.17) is 4.74 Å². The van der Waals surface area contributed by atoms with Gasteiger partial charge in [-0.2, -0.15) is 0 Å². The number of ether oxygens (including phenoxy) is 1. The zero-order valence-corrected chi connectivity index (χ0v) is 14.1. The minimum Gasteiger partial charge on any atom is -0.471 e. The van der Waals surface area contributed by atoms with E-state index in [9.17, 15) is 9.36 Å². The first-order valence-corrected chi connectivity index (χ1v) is 10.1. The quantitative estimate of drug-likeness (QED) is 0.582. The summed E-state index contributed by atoms with van der Waals surface area (Å²) in [4.78, 5) is 10.7. The van der Waals surface area contributed by atoms with Crippen LogP contribution in [-0.2, 0) is 18.2 Å². The average molecular weight is 370 g/mol. The predicted octanol–water partition coefficient (Wildman–Crippen LogP) is 4.62. The van der Waals surface area contributed by atoms with Crippen LogP contribution in [0, 0.1) is 0 Å². The Hall–Kier alpha value is -1.000. The van der Waals surface area contributed by atoms with Gasteiger partial charge in [0.1, 0.15) is 6.61 Å². The SMILES string of the molecule is Cn1cc(C=O)c(OCc2ccccc2)n1.O=P(Cl)(Cl)Cl. The molecule has 114 valence electrons. The third-order valence-corrected chi connectivity index (χ3v) is 2.17. The molecule has 0 saturated heterocycles. The number of aldehydes is 1. The predicted molar refractivity (Wildman–Crippen MR) is 84.5 cm³/mol. The molecule has 2 rings (SSSR count). The molecule has 0 N–H and O–H groups in total. The number of aromatic nitrogens is 2. The third kappa shape index (κ3) is 8.12. The summed E-state index contributed by atoms with van der Waals surface area (Å²) in [7, 11) is 1.75. The summed E-state index contributed by atoms with van der Waals surface area (Å²) in [5, 5.41) is 0.838. The van der Waals surface area contributed by atoms with Crippen molar-refractivity contribution in [2.45, 2.75) is 6.61 Å². The Morgan fingerprint density at radius 3 is 2.38 bits per heavy atom. The lowest BCUT2D eigenvalue weighted by Crippen LogP contribution is -1.98. The van der Waals surface area contributed by atoms with Gasteiger partial charge in [-0.05, 0) is 39.3 Å². The standard InChI is InChI=1S/C12H12N2O2.Cl3OP/c1-14-7-11(8-15)12(13-14)16-9-10-5-3-2-4-6-10;1-5(2,3)4/h2-8H,9H2,1H3;. The highest BCUT2D eigenvalue weighted by atomic mass is 36.0. The van der Waals surface area contributed by atoms with Gasteiger partial charge in [-0.15, -0.1) is 5.10 Å². The van der Waals surface area contributed by atoms with E-state index in [1.54, 1.807) is 17.9 Å². The lowest BCUT2D eigenvalue weighted by atomic mass is 10.2. The second kappa shape index (κ2) is 8.44. The Morgan fingerprint density at radius 1 is 1.29 bits per heavy atom. The summed E-state index contributed by atoms with van der Waals surface area (Å²) >= 11 is 13.8. The molecule has 0 bridgehead atoms. The van der Waals surface area contributed by atoms with Crippen molar-refractivity contribution in [1.29, 1.82) is 0 Å². The summed E-state index contributed by atoms with van der Waals surface area (Å²) in [5.74, 6) is 0.376. The van der Waals surface area contributed by atoms with Crippen LogP contribution in [0.5, 0.6) is 5.88 Å². The number of hydrogen-bond acceptors (Lipinski definition) is 4. The Labute approximate surface area is 136 Å². The van der Waals surface area contributed by atoms with E-state index in [0.717, 1.165) is 11.8 Å². The van der Waals surface area contributed by atoms with Gasteiger partial charge in [0.15, 0.2) is 6.29 Å². The van der Waals surface area contributed by atoms with Gasteiger partial charge in [0.25, 0.3) is 0 Å². The van der Waals surface area contributed by atoms with E-state index < -0.39 is 5.20 Å². The summed E-state index contributed by atoms with van der Waals surface area (Å²) in [6.45, 7) is 0.415. The monoisotopic (exact) mass is 368 g/mol. The van der Waals surface area contributed by atoms with Crippen molar-refractivity contribution in [3.05, 3.63) is 47.7 Å². The zero-order chi connectivity index (χ0) is 15.9. The third-order valence-electron chi connectivity index (χ3n) is 2.17. The number of halogens is 3. The number of rotatable bonds is 4. The number of aryl methyl sites for hydroxylation is 1. The summed E-state index contributed by atoms with van der Waals surface area (Å²) < 4.78 is 16.5. The van der Waals surface area contributed by atoms with Gasteiger partial charge in [-0.25, -0.2) is 0 Å². The van der Waals surface area contributed by atoms with Crippen LogP contribution in [0.2, 0.25) is 0 Å². The average Bonchev–Trinajstić information content (AvgIpc) is 2.76. The highest BCUT2D eigenvalue weighted by molar-refractivity contribution is 8.24. The molecule has 0 saturated carbocycles. The van der Waals surface area contributed by atoms with Crippen molar-refractivity contribution in [3.63, 3.8) is 0 Å². The van der Waals surface area contributed by atoms with Crippen LogP contribution in [0.1, 0.15) is 15.9 Å². The first-order chi connectivity index (χ1) is 9.79. The van der Waals surface area contributed by atoms with Gasteiger partial charge in [0.2, 0.25) is 5.88 Å². The van der Waals surface area contributed by atoms with Crippen LogP contribution >= 0.6 is 38.9 Å². The highest BCUT2D eigenvalue weighted by Crippen LogP contribution is 2.61. The van der Waals surface area contributed by atoms with Crippen LogP contribution < -0.4 is 4.74 Å². The normalized spacial score (nSPS) is 10.5. The van der Waals surface area contributed by atoms with Crippen molar-refractivity contribution in [2.24, 2.45) is 7.05 Å². The van der Waals surface area contributed by atoms with E-state index in [1.807, 2.05) is 30.3 Å². The van der Waals surface area contributed by atoms with Crippen molar-refractivity contribution in [1.82, 2.24) is 9.78 Å². The molecular weight excluding hydrogens is 357 g/mol. The number of carbonyl (C=O) groups excluding carboxylic acids is 1. The van der Waals surface area contributed by atoms with Gasteiger partial charge in [0, 0.05) is 13.2 Å². The van der Waals surface area contributed by atoms with E-state index >= 15 is 0 Å². The van der Waals surface area contributed by atoms with E-state index in [0.29, 0.717) is 18.1 Å². The molecule has 0 aliphatic rings. The first kappa shape index (κ1) is 18.1. The molecule has 0 fully saturated rings. The van der Waals surface area contributed by atoms with Gasteiger partial charge in [-0.3, -0.25) is 14.0 Å². The Kier molecular flexibility index (Phi) is 7.26.